The Hall–Kier alpha value is -2.25. The summed E-state index contributed by atoms with van der Waals surface area (Å²) in [5, 5.41) is 0. The fraction of sp³-hybridized carbons (Fsp3) is 0.550. The summed E-state index contributed by atoms with van der Waals surface area (Å²) in [6, 6.07) is 4.58. The van der Waals surface area contributed by atoms with Gasteiger partial charge in [0.2, 0.25) is 5.91 Å². The zero-order valence-corrected chi connectivity index (χ0v) is 15.8. The van der Waals surface area contributed by atoms with Crippen LogP contribution in [0.3, 0.4) is 0 Å². The van der Waals surface area contributed by atoms with Crippen molar-refractivity contribution in [1.82, 2.24) is 30.3 Å². The molecule has 2 saturated heterocycles. The second kappa shape index (κ2) is 8.19. The van der Waals surface area contributed by atoms with Gasteiger partial charge in [-0.2, -0.15) is 0 Å². The average Bonchev–Trinajstić information content (AvgIpc) is 3.38. The van der Waals surface area contributed by atoms with Crippen LogP contribution in [0.5, 0.6) is 0 Å². The van der Waals surface area contributed by atoms with Gasteiger partial charge in [-0.25, -0.2) is 4.98 Å². The molecule has 1 amide bonds. The topological polar surface area (TPSA) is 75.1 Å². The van der Waals surface area contributed by atoms with Crippen LogP contribution < -0.4 is 10.9 Å². The first-order valence-electron chi connectivity index (χ1n) is 9.95. The summed E-state index contributed by atoms with van der Waals surface area (Å²) in [5.41, 5.74) is 8.05. The second-order valence-electron chi connectivity index (χ2n) is 7.41. The smallest absolute Gasteiger partial charge is 0.242 e. The number of nitrogens with one attached hydrogen (secondary N) is 2. The fourth-order valence-electron chi connectivity index (χ4n) is 4.49. The van der Waals surface area contributed by atoms with E-state index in [4.69, 9.17) is 0 Å². The molecule has 3 unspecified atom stereocenters. The van der Waals surface area contributed by atoms with Crippen LogP contribution in [0.15, 0.2) is 36.9 Å². The zero-order valence-electron chi connectivity index (χ0n) is 15.8. The van der Waals surface area contributed by atoms with Gasteiger partial charge < -0.3 is 9.47 Å². The third kappa shape index (κ3) is 3.75. The van der Waals surface area contributed by atoms with Gasteiger partial charge in [0.15, 0.2) is 0 Å². The van der Waals surface area contributed by atoms with Crippen LogP contribution in [0, 0.1) is 0 Å². The lowest BCUT2D eigenvalue weighted by molar-refractivity contribution is -0.136. The Balaban J connectivity index is 1.52. The number of carbonyl (C=O) groups is 1. The number of aromatic nitrogens is 3. The van der Waals surface area contributed by atoms with Crippen LogP contribution in [-0.4, -0.2) is 50.5 Å². The number of nitrogens with zero attached hydrogens (tertiary/aromatic N) is 4. The number of pyridine rings is 1. The average molecular weight is 368 g/mol. The van der Waals surface area contributed by atoms with Crippen LogP contribution in [0.2, 0.25) is 0 Å². The lowest BCUT2D eigenvalue weighted by Gasteiger charge is -2.41. The summed E-state index contributed by atoms with van der Waals surface area (Å²) in [6.45, 7) is 4.15. The molecule has 0 aromatic carbocycles. The molecular weight excluding hydrogens is 340 g/mol. The molecule has 2 aromatic heterocycles. The third-order valence-electron chi connectivity index (χ3n) is 5.87. The van der Waals surface area contributed by atoms with Gasteiger partial charge in [0.05, 0.1) is 0 Å². The van der Waals surface area contributed by atoms with Crippen LogP contribution in [0.25, 0.3) is 0 Å². The molecule has 4 heterocycles. The van der Waals surface area contributed by atoms with E-state index < -0.39 is 0 Å². The van der Waals surface area contributed by atoms with Crippen molar-refractivity contribution in [1.29, 1.82) is 0 Å². The minimum atomic E-state index is 0.189. The molecule has 144 valence electrons. The first-order chi connectivity index (χ1) is 13.3. The highest BCUT2D eigenvalue weighted by atomic mass is 16.2. The van der Waals surface area contributed by atoms with Crippen molar-refractivity contribution < 1.29 is 4.79 Å². The van der Waals surface area contributed by atoms with E-state index in [-0.39, 0.29) is 18.0 Å². The van der Waals surface area contributed by atoms with Crippen molar-refractivity contribution >= 4 is 5.91 Å². The van der Waals surface area contributed by atoms with Crippen molar-refractivity contribution in [3.05, 3.63) is 48.3 Å². The van der Waals surface area contributed by atoms with E-state index >= 15 is 0 Å². The van der Waals surface area contributed by atoms with Crippen molar-refractivity contribution in [3.63, 3.8) is 0 Å². The maximum absolute atomic E-state index is 13.2. The van der Waals surface area contributed by atoms with Crippen LogP contribution in [0.1, 0.15) is 43.5 Å². The van der Waals surface area contributed by atoms with E-state index in [1.165, 1.54) is 12.0 Å². The molecule has 2 fully saturated rings. The Morgan fingerprint density at radius 1 is 1.26 bits per heavy atom. The predicted octanol–water partition coefficient (Wildman–Crippen LogP) is 1.48. The van der Waals surface area contributed by atoms with E-state index in [0.29, 0.717) is 12.5 Å². The molecule has 4 rings (SSSR count). The molecule has 0 radical (unpaired) electrons. The summed E-state index contributed by atoms with van der Waals surface area (Å²) >= 11 is 0. The first-order valence-corrected chi connectivity index (χ1v) is 9.95. The molecular formula is C20H28N6O. The minimum Gasteiger partial charge on any atom is -0.337 e. The highest BCUT2D eigenvalue weighted by Crippen LogP contribution is 2.30. The zero-order chi connectivity index (χ0) is 18.6. The maximum Gasteiger partial charge on any atom is 0.242 e. The monoisotopic (exact) mass is 368 g/mol. The molecule has 0 aliphatic carbocycles. The quantitative estimate of drug-likeness (QED) is 0.836. The van der Waals surface area contributed by atoms with Crippen molar-refractivity contribution in [2.75, 3.05) is 13.1 Å². The molecule has 0 bridgehead atoms. The predicted molar refractivity (Wildman–Crippen MR) is 103 cm³/mol. The number of hydrazine groups is 1. The van der Waals surface area contributed by atoms with Gasteiger partial charge in [0, 0.05) is 62.3 Å². The van der Waals surface area contributed by atoms with E-state index in [1.54, 1.807) is 6.20 Å². The molecule has 0 saturated carbocycles. The van der Waals surface area contributed by atoms with Gasteiger partial charge in [-0.3, -0.25) is 20.6 Å². The van der Waals surface area contributed by atoms with Gasteiger partial charge in [-0.1, -0.05) is 6.92 Å². The summed E-state index contributed by atoms with van der Waals surface area (Å²) in [6.07, 6.45) is 11.5. The number of hydrogen-bond acceptors (Lipinski definition) is 5. The van der Waals surface area contributed by atoms with Crippen LogP contribution >= 0.6 is 0 Å². The van der Waals surface area contributed by atoms with E-state index in [0.717, 1.165) is 38.2 Å². The molecule has 7 nitrogen and oxygen atoms in total. The molecule has 2 aromatic rings. The van der Waals surface area contributed by atoms with E-state index in [2.05, 4.69) is 44.8 Å². The fourth-order valence-corrected chi connectivity index (χ4v) is 4.49. The lowest BCUT2D eigenvalue weighted by atomic mass is 9.84. The first kappa shape index (κ1) is 18.1. The van der Waals surface area contributed by atoms with Crippen molar-refractivity contribution in [3.8, 4) is 0 Å². The number of aryl methyl sites for hydroxylation is 1. The molecule has 2 N–H and O–H groups in total. The SMILES string of the molecule is CCc1nccn1CC(=O)N1CCCCC1C1NNCC1c1ccncc1. The van der Waals surface area contributed by atoms with E-state index in [1.807, 2.05) is 23.2 Å². The van der Waals surface area contributed by atoms with Gasteiger partial charge in [-0.05, 0) is 37.0 Å². The van der Waals surface area contributed by atoms with Crippen molar-refractivity contribution in [2.24, 2.45) is 0 Å². The molecule has 7 heteroatoms. The number of rotatable bonds is 5. The van der Waals surface area contributed by atoms with Gasteiger partial charge in [0.1, 0.15) is 12.4 Å². The number of hydrogen-bond donors (Lipinski definition) is 2. The highest BCUT2D eigenvalue weighted by Gasteiger charge is 2.40. The molecule has 2 aliphatic rings. The maximum atomic E-state index is 13.2. The third-order valence-corrected chi connectivity index (χ3v) is 5.87. The number of carbonyl (C=O) groups excluding carboxylic acids is 1. The Morgan fingerprint density at radius 2 is 2.11 bits per heavy atom. The number of amides is 1. The van der Waals surface area contributed by atoms with Crippen LogP contribution in [-0.2, 0) is 17.8 Å². The van der Waals surface area contributed by atoms with Crippen LogP contribution in [0.4, 0.5) is 0 Å². The van der Waals surface area contributed by atoms with Crippen molar-refractivity contribution in [2.45, 2.75) is 57.2 Å². The Bertz CT molecular complexity index is 761. The second-order valence-corrected chi connectivity index (χ2v) is 7.41. The largest absolute Gasteiger partial charge is 0.337 e. The summed E-state index contributed by atoms with van der Waals surface area (Å²) < 4.78 is 1.98. The van der Waals surface area contributed by atoms with E-state index in [9.17, 15) is 4.79 Å². The van der Waals surface area contributed by atoms with Gasteiger partial charge in [-0.15, -0.1) is 0 Å². The normalized spacial score (nSPS) is 25.7. The molecule has 0 spiro atoms. The Labute approximate surface area is 160 Å². The Kier molecular flexibility index (Phi) is 5.50. The summed E-state index contributed by atoms with van der Waals surface area (Å²) in [7, 11) is 0. The minimum absolute atomic E-state index is 0.189. The summed E-state index contributed by atoms with van der Waals surface area (Å²) in [4.78, 5) is 23.7. The molecule has 2 aliphatic heterocycles. The summed E-state index contributed by atoms with van der Waals surface area (Å²) in [5.74, 6) is 1.49. The Morgan fingerprint density at radius 3 is 2.93 bits per heavy atom. The standard InChI is InChI=1S/C20H28N6O/c1-2-18-22-10-12-25(18)14-19(27)26-11-4-3-5-17(26)20-16(13-23-24-20)15-6-8-21-9-7-15/h6-10,12,16-17,20,23-24H,2-5,11,13-14H2,1H3. The lowest BCUT2D eigenvalue weighted by Crippen LogP contribution is -2.55. The van der Waals surface area contributed by atoms with Gasteiger partial charge >= 0.3 is 0 Å². The van der Waals surface area contributed by atoms with Gasteiger partial charge in [0.25, 0.3) is 0 Å². The number of imidazole rings is 1. The molecule has 3 atom stereocenters. The highest BCUT2D eigenvalue weighted by molar-refractivity contribution is 5.76. The molecule has 27 heavy (non-hydrogen) atoms. The number of likely N-dealkylation sites (tertiary alicyclic amines) is 1. The number of piperidine rings is 1.